The number of halogens is 1. The highest BCUT2D eigenvalue weighted by molar-refractivity contribution is 6.29. The van der Waals surface area contributed by atoms with Gasteiger partial charge in [-0.05, 0) is 13.3 Å². The number of nitrogens with zero attached hydrogens (tertiary/aromatic N) is 1. The van der Waals surface area contributed by atoms with Crippen molar-refractivity contribution in [2.75, 3.05) is 6.61 Å². The summed E-state index contributed by atoms with van der Waals surface area (Å²) in [6, 6.07) is 1.76. The van der Waals surface area contributed by atoms with Crippen molar-refractivity contribution in [2.24, 2.45) is 0 Å². The molecule has 1 rings (SSSR count). The second-order valence-electron chi connectivity index (χ2n) is 2.97. The molecule has 1 aromatic rings. The lowest BCUT2D eigenvalue weighted by Gasteiger charge is -2.07. The zero-order chi connectivity index (χ0) is 9.68. The molecule has 0 saturated carbocycles. The van der Waals surface area contributed by atoms with Crippen molar-refractivity contribution < 1.29 is 4.74 Å². The molecule has 0 radical (unpaired) electrons. The van der Waals surface area contributed by atoms with Crippen molar-refractivity contribution in [2.45, 2.75) is 26.7 Å². The standard InChI is InChI=1S/C10H14ClNO/c1-3-4-5-13-9-6-10(11)12-7-8(9)2/h6-7H,3-5H2,1-2H3. The molecule has 0 aliphatic rings. The van der Waals surface area contributed by atoms with E-state index >= 15 is 0 Å². The summed E-state index contributed by atoms with van der Waals surface area (Å²) in [6.45, 7) is 4.85. The lowest BCUT2D eigenvalue weighted by molar-refractivity contribution is 0.307. The van der Waals surface area contributed by atoms with E-state index in [-0.39, 0.29) is 0 Å². The summed E-state index contributed by atoms with van der Waals surface area (Å²) in [7, 11) is 0. The van der Waals surface area contributed by atoms with E-state index < -0.39 is 0 Å². The Labute approximate surface area is 83.9 Å². The average Bonchev–Trinajstić information content (AvgIpc) is 2.11. The Bertz CT molecular complexity index is 276. The van der Waals surface area contributed by atoms with Gasteiger partial charge in [0.15, 0.2) is 0 Å². The van der Waals surface area contributed by atoms with Crippen molar-refractivity contribution in [3.8, 4) is 5.75 Å². The second kappa shape index (κ2) is 5.07. The fourth-order valence-electron chi connectivity index (χ4n) is 0.963. The summed E-state index contributed by atoms with van der Waals surface area (Å²) in [5, 5.41) is 0.483. The Morgan fingerprint density at radius 3 is 3.00 bits per heavy atom. The third-order valence-corrected chi connectivity index (χ3v) is 1.98. The number of rotatable bonds is 4. The molecule has 0 saturated heterocycles. The first kappa shape index (κ1) is 10.3. The Kier molecular flexibility index (Phi) is 4.03. The Balaban J connectivity index is 2.59. The maximum atomic E-state index is 5.74. The SMILES string of the molecule is CCCCOc1cc(Cl)ncc1C. The third-order valence-electron chi connectivity index (χ3n) is 1.78. The van der Waals surface area contributed by atoms with E-state index in [4.69, 9.17) is 16.3 Å². The number of ether oxygens (including phenoxy) is 1. The largest absolute Gasteiger partial charge is 0.493 e. The molecule has 1 aromatic heterocycles. The molecule has 0 atom stereocenters. The zero-order valence-corrected chi connectivity index (χ0v) is 8.77. The van der Waals surface area contributed by atoms with Crippen molar-refractivity contribution in [3.63, 3.8) is 0 Å². The number of aryl methyl sites for hydroxylation is 1. The summed E-state index contributed by atoms with van der Waals surface area (Å²) < 4.78 is 5.53. The molecule has 3 heteroatoms. The van der Waals surface area contributed by atoms with Crippen LogP contribution in [0.5, 0.6) is 5.75 Å². The van der Waals surface area contributed by atoms with E-state index in [0.29, 0.717) is 5.15 Å². The van der Waals surface area contributed by atoms with Crippen molar-refractivity contribution in [1.29, 1.82) is 0 Å². The molecular formula is C10H14ClNO. The van der Waals surface area contributed by atoms with Gasteiger partial charge >= 0.3 is 0 Å². The van der Waals surface area contributed by atoms with Gasteiger partial charge in [-0.3, -0.25) is 0 Å². The summed E-state index contributed by atoms with van der Waals surface area (Å²) in [6.07, 6.45) is 3.93. The summed E-state index contributed by atoms with van der Waals surface area (Å²) in [5.41, 5.74) is 1.03. The molecule has 2 nitrogen and oxygen atoms in total. The van der Waals surface area contributed by atoms with Crippen LogP contribution < -0.4 is 4.74 Å². The van der Waals surface area contributed by atoms with Crippen LogP contribution in [0.1, 0.15) is 25.3 Å². The molecule has 13 heavy (non-hydrogen) atoms. The van der Waals surface area contributed by atoms with E-state index in [0.717, 1.165) is 30.8 Å². The zero-order valence-electron chi connectivity index (χ0n) is 8.01. The van der Waals surface area contributed by atoms with E-state index in [2.05, 4.69) is 11.9 Å². The Morgan fingerprint density at radius 2 is 2.31 bits per heavy atom. The van der Waals surface area contributed by atoms with Gasteiger partial charge in [0, 0.05) is 17.8 Å². The maximum Gasteiger partial charge on any atom is 0.132 e. The Hall–Kier alpha value is -0.760. The molecule has 0 fully saturated rings. The lowest BCUT2D eigenvalue weighted by Crippen LogP contribution is -1.98. The van der Waals surface area contributed by atoms with Crippen LogP contribution in [0.3, 0.4) is 0 Å². The van der Waals surface area contributed by atoms with Gasteiger partial charge in [-0.25, -0.2) is 4.98 Å². The molecule has 1 heterocycles. The highest BCUT2D eigenvalue weighted by Crippen LogP contribution is 2.20. The van der Waals surface area contributed by atoms with E-state index in [1.54, 1.807) is 12.3 Å². The highest BCUT2D eigenvalue weighted by Gasteiger charge is 2.00. The molecule has 0 unspecified atom stereocenters. The fourth-order valence-corrected chi connectivity index (χ4v) is 1.11. The number of hydrogen-bond donors (Lipinski definition) is 0. The van der Waals surface area contributed by atoms with Crippen molar-refractivity contribution in [3.05, 3.63) is 23.0 Å². The van der Waals surface area contributed by atoms with E-state index in [1.807, 2.05) is 6.92 Å². The summed E-state index contributed by atoms with van der Waals surface area (Å²) >= 11 is 5.74. The molecule has 72 valence electrons. The van der Waals surface area contributed by atoms with Crippen molar-refractivity contribution >= 4 is 11.6 Å². The second-order valence-corrected chi connectivity index (χ2v) is 3.36. The number of aromatic nitrogens is 1. The smallest absolute Gasteiger partial charge is 0.132 e. The first-order valence-corrected chi connectivity index (χ1v) is 4.86. The number of pyridine rings is 1. The van der Waals surface area contributed by atoms with Crippen LogP contribution in [0.25, 0.3) is 0 Å². The maximum absolute atomic E-state index is 5.74. The van der Waals surface area contributed by atoms with Crippen LogP contribution in [0.2, 0.25) is 5.15 Å². The predicted octanol–water partition coefficient (Wildman–Crippen LogP) is 3.22. The van der Waals surface area contributed by atoms with Crippen LogP contribution in [-0.4, -0.2) is 11.6 Å². The topological polar surface area (TPSA) is 22.1 Å². The quantitative estimate of drug-likeness (QED) is 0.549. The molecule has 0 N–H and O–H groups in total. The van der Waals surface area contributed by atoms with E-state index in [1.165, 1.54) is 0 Å². The molecule has 0 aliphatic heterocycles. The minimum absolute atomic E-state index is 0.483. The van der Waals surface area contributed by atoms with Crippen LogP contribution in [0.4, 0.5) is 0 Å². The van der Waals surface area contributed by atoms with Crippen LogP contribution in [0, 0.1) is 6.92 Å². The molecule has 0 aromatic carbocycles. The molecule has 0 bridgehead atoms. The predicted molar refractivity (Wildman–Crippen MR) is 54.4 cm³/mol. The average molecular weight is 200 g/mol. The summed E-state index contributed by atoms with van der Waals surface area (Å²) in [4.78, 5) is 3.95. The first-order valence-electron chi connectivity index (χ1n) is 4.49. The van der Waals surface area contributed by atoms with Gasteiger partial charge in [-0.2, -0.15) is 0 Å². The van der Waals surface area contributed by atoms with Crippen molar-refractivity contribution in [1.82, 2.24) is 4.98 Å². The van der Waals surface area contributed by atoms with Gasteiger partial charge in [-0.15, -0.1) is 0 Å². The van der Waals surface area contributed by atoms with Crippen LogP contribution >= 0.6 is 11.6 Å². The van der Waals surface area contributed by atoms with Crippen LogP contribution in [0.15, 0.2) is 12.3 Å². The van der Waals surface area contributed by atoms with Gasteiger partial charge in [0.1, 0.15) is 10.9 Å². The monoisotopic (exact) mass is 199 g/mol. The van der Waals surface area contributed by atoms with E-state index in [9.17, 15) is 0 Å². The lowest BCUT2D eigenvalue weighted by atomic mass is 10.3. The molecule has 0 amide bonds. The molecule has 0 spiro atoms. The number of unbranched alkanes of at least 4 members (excludes halogenated alkanes) is 1. The van der Waals surface area contributed by atoms with Crippen LogP contribution in [-0.2, 0) is 0 Å². The highest BCUT2D eigenvalue weighted by atomic mass is 35.5. The Morgan fingerprint density at radius 1 is 1.54 bits per heavy atom. The van der Waals surface area contributed by atoms with Gasteiger partial charge in [-0.1, -0.05) is 24.9 Å². The normalized spacial score (nSPS) is 10.1. The van der Waals surface area contributed by atoms with Gasteiger partial charge < -0.3 is 4.74 Å². The minimum atomic E-state index is 0.483. The molecular weight excluding hydrogens is 186 g/mol. The van der Waals surface area contributed by atoms with Gasteiger partial charge in [0.25, 0.3) is 0 Å². The minimum Gasteiger partial charge on any atom is -0.493 e. The number of hydrogen-bond acceptors (Lipinski definition) is 2. The first-order chi connectivity index (χ1) is 6.24. The summed E-state index contributed by atoms with van der Waals surface area (Å²) in [5.74, 6) is 0.841. The molecule has 0 aliphatic carbocycles. The third kappa shape index (κ3) is 3.23. The van der Waals surface area contributed by atoms with Gasteiger partial charge in [0.05, 0.1) is 6.61 Å². The van der Waals surface area contributed by atoms with Gasteiger partial charge in [0.2, 0.25) is 0 Å². The fraction of sp³-hybridized carbons (Fsp3) is 0.500.